The number of carbonyl (C=O) groups excluding carboxylic acids is 3. The molecule has 0 spiro atoms. The van der Waals surface area contributed by atoms with Gasteiger partial charge >= 0.3 is 0 Å². The van der Waals surface area contributed by atoms with Crippen molar-refractivity contribution in [1.82, 2.24) is 10.7 Å². The number of anilines is 2. The minimum Gasteiger partial charge on any atom is -0.358 e. The number of halogens is 2. The summed E-state index contributed by atoms with van der Waals surface area (Å²) in [5.74, 6) is -1.03. The van der Waals surface area contributed by atoms with E-state index in [-0.39, 0.29) is 36.6 Å². The van der Waals surface area contributed by atoms with E-state index in [0.29, 0.717) is 16.4 Å². The van der Waals surface area contributed by atoms with Gasteiger partial charge < -0.3 is 10.6 Å². The smallest absolute Gasteiger partial charge is 0.257 e. The molecule has 2 amide bonds. The zero-order chi connectivity index (χ0) is 20.8. The molecule has 1 heterocycles. The molecule has 0 aliphatic carbocycles. The molecule has 2 aromatic carbocycles. The van der Waals surface area contributed by atoms with Gasteiger partial charge in [0, 0.05) is 27.3 Å². The van der Waals surface area contributed by atoms with Crippen LogP contribution in [-0.2, 0) is 14.4 Å². The first kappa shape index (κ1) is 20.9. The molecular formula is C20H18BrClN4O3. The van der Waals surface area contributed by atoms with Crippen molar-refractivity contribution in [3.63, 3.8) is 0 Å². The number of Topliss-reactive ketones (excluding diaryl/α,β-unsaturated/α-hetero) is 1. The van der Waals surface area contributed by atoms with Gasteiger partial charge in [0.15, 0.2) is 5.78 Å². The molecule has 0 radical (unpaired) electrons. The summed E-state index contributed by atoms with van der Waals surface area (Å²) in [6.07, 6.45) is 0.258. The molecule has 9 heteroatoms. The summed E-state index contributed by atoms with van der Waals surface area (Å²) in [6, 6.07) is 14.2. The van der Waals surface area contributed by atoms with Gasteiger partial charge in [0.1, 0.15) is 5.57 Å². The molecule has 0 bridgehead atoms. The number of hydrogen-bond acceptors (Lipinski definition) is 5. The van der Waals surface area contributed by atoms with Crippen LogP contribution in [-0.4, -0.2) is 24.1 Å². The van der Waals surface area contributed by atoms with Gasteiger partial charge in [-0.25, -0.2) is 0 Å². The van der Waals surface area contributed by atoms with Crippen LogP contribution in [0.4, 0.5) is 11.4 Å². The van der Waals surface area contributed by atoms with Gasteiger partial charge in [-0.05, 0) is 55.0 Å². The van der Waals surface area contributed by atoms with Gasteiger partial charge in [0.25, 0.3) is 5.91 Å². The monoisotopic (exact) mass is 476 g/mol. The molecule has 1 saturated heterocycles. The van der Waals surface area contributed by atoms with Crippen LogP contribution in [0.1, 0.15) is 12.8 Å². The summed E-state index contributed by atoms with van der Waals surface area (Å²) in [7, 11) is 0. The number of nitrogens with one attached hydrogen (secondary N) is 4. The summed E-state index contributed by atoms with van der Waals surface area (Å²) in [5, 5.41) is 6.15. The predicted molar refractivity (Wildman–Crippen MR) is 115 cm³/mol. The van der Waals surface area contributed by atoms with Crippen molar-refractivity contribution in [1.29, 1.82) is 0 Å². The molecule has 4 N–H and O–H groups in total. The molecule has 1 aliphatic rings. The van der Waals surface area contributed by atoms with Crippen molar-refractivity contribution >= 4 is 56.5 Å². The molecule has 3 rings (SSSR count). The highest BCUT2D eigenvalue weighted by Crippen LogP contribution is 2.21. The summed E-state index contributed by atoms with van der Waals surface area (Å²) in [5.41, 5.74) is 7.26. The van der Waals surface area contributed by atoms with Crippen LogP contribution in [0.25, 0.3) is 0 Å². The second-order valence-corrected chi connectivity index (χ2v) is 7.62. The lowest BCUT2D eigenvalue weighted by Crippen LogP contribution is -2.29. The lowest BCUT2D eigenvalue weighted by molar-refractivity contribution is -0.121. The lowest BCUT2D eigenvalue weighted by atomic mass is 10.1. The summed E-state index contributed by atoms with van der Waals surface area (Å²) >= 11 is 9.24. The Hall–Kier alpha value is -2.84. The van der Waals surface area contributed by atoms with Crippen LogP contribution in [0.5, 0.6) is 0 Å². The highest BCUT2D eigenvalue weighted by molar-refractivity contribution is 9.10. The normalized spacial score (nSPS) is 15.0. The standard InChI is InChI=1S/C20H18BrClN4O3/c21-12-1-5-15(6-2-12)25-26-18(28)10-9-16(19-17(27)11-23-20(19)29)24-14-7-3-13(22)4-8-14/h1-8,24-25H,9-11H2,(H,23,29)(H,26,28). The van der Waals surface area contributed by atoms with Crippen LogP contribution in [0.3, 0.4) is 0 Å². The van der Waals surface area contributed by atoms with Gasteiger partial charge in [-0.15, -0.1) is 0 Å². The van der Waals surface area contributed by atoms with Crippen molar-refractivity contribution in [3.05, 3.63) is 69.3 Å². The van der Waals surface area contributed by atoms with E-state index in [1.165, 1.54) is 0 Å². The van der Waals surface area contributed by atoms with E-state index in [1.807, 2.05) is 12.1 Å². The largest absolute Gasteiger partial charge is 0.358 e. The Balaban J connectivity index is 1.66. The van der Waals surface area contributed by atoms with Gasteiger partial charge in [-0.3, -0.25) is 25.2 Å². The number of benzene rings is 2. The second-order valence-electron chi connectivity index (χ2n) is 6.27. The summed E-state index contributed by atoms with van der Waals surface area (Å²) in [4.78, 5) is 36.4. The third-order valence-corrected chi connectivity index (χ3v) is 4.93. The first-order chi connectivity index (χ1) is 13.9. The minimum absolute atomic E-state index is 0.0444. The summed E-state index contributed by atoms with van der Waals surface area (Å²) < 4.78 is 0.929. The van der Waals surface area contributed by atoms with Gasteiger partial charge in [-0.2, -0.15) is 0 Å². The number of amides is 2. The van der Waals surface area contributed by atoms with Crippen LogP contribution < -0.4 is 21.5 Å². The quantitative estimate of drug-likeness (QED) is 0.278. The molecule has 7 nitrogen and oxygen atoms in total. The van der Waals surface area contributed by atoms with Crippen LogP contribution in [0, 0.1) is 0 Å². The van der Waals surface area contributed by atoms with E-state index in [0.717, 1.165) is 10.2 Å². The van der Waals surface area contributed by atoms with Crippen molar-refractivity contribution in [2.75, 3.05) is 17.3 Å². The molecule has 1 aliphatic heterocycles. The van der Waals surface area contributed by atoms with Crippen molar-refractivity contribution < 1.29 is 14.4 Å². The molecule has 0 saturated carbocycles. The van der Waals surface area contributed by atoms with E-state index in [9.17, 15) is 14.4 Å². The molecule has 150 valence electrons. The van der Waals surface area contributed by atoms with Crippen LogP contribution in [0.2, 0.25) is 5.02 Å². The molecule has 1 fully saturated rings. The first-order valence-electron chi connectivity index (χ1n) is 8.80. The zero-order valence-electron chi connectivity index (χ0n) is 15.2. The highest BCUT2D eigenvalue weighted by Gasteiger charge is 2.29. The Labute approximate surface area is 181 Å². The van der Waals surface area contributed by atoms with Gasteiger partial charge in [0.05, 0.1) is 12.2 Å². The van der Waals surface area contributed by atoms with Gasteiger partial charge in [0.2, 0.25) is 5.91 Å². The number of carbonyl (C=O) groups is 3. The SMILES string of the molecule is O=C(CCC(Nc1ccc(Cl)cc1)=C1C(=O)CNC1=O)NNc1ccc(Br)cc1. The highest BCUT2D eigenvalue weighted by atomic mass is 79.9. The average molecular weight is 478 g/mol. The van der Waals surface area contributed by atoms with Gasteiger partial charge in [-0.1, -0.05) is 27.5 Å². The maximum Gasteiger partial charge on any atom is 0.257 e. The maximum absolute atomic E-state index is 12.2. The molecular weight excluding hydrogens is 460 g/mol. The Bertz CT molecular complexity index is 941. The molecule has 0 unspecified atom stereocenters. The van der Waals surface area contributed by atoms with Crippen molar-refractivity contribution in [3.8, 4) is 0 Å². The second kappa shape index (κ2) is 9.58. The van der Waals surface area contributed by atoms with E-state index in [2.05, 4.69) is 37.4 Å². The van der Waals surface area contributed by atoms with E-state index < -0.39 is 5.91 Å². The fourth-order valence-corrected chi connectivity index (χ4v) is 3.09. The number of allylic oxidation sites excluding steroid dienone is 1. The maximum atomic E-state index is 12.2. The first-order valence-corrected chi connectivity index (χ1v) is 9.97. The number of rotatable bonds is 7. The van der Waals surface area contributed by atoms with E-state index in [1.54, 1.807) is 36.4 Å². The van der Waals surface area contributed by atoms with Crippen molar-refractivity contribution in [2.24, 2.45) is 0 Å². The fraction of sp³-hybridized carbons (Fsp3) is 0.150. The Kier molecular flexibility index (Phi) is 6.90. The topological polar surface area (TPSA) is 99.3 Å². The Morgan fingerprint density at radius 1 is 1.00 bits per heavy atom. The minimum atomic E-state index is -0.445. The molecule has 0 atom stereocenters. The predicted octanol–water partition coefficient (Wildman–Crippen LogP) is 3.39. The Morgan fingerprint density at radius 3 is 2.28 bits per heavy atom. The summed E-state index contributed by atoms with van der Waals surface area (Å²) in [6.45, 7) is -0.0444. The molecule has 29 heavy (non-hydrogen) atoms. The lowest BCUT2D eigenvalue weighted by Gasteiger charge is -2.14. The van der Waals surface area contributed by atoms with E-state index >= 15 is 0 Å². The zero-order valence-corrected chi connectivity index (χ0v) is 17.6. The van der Waals surface area contributed by atoms with Crippen molar-refractivity contribution in [2.45, 2.75) is 12.8 Å². The number of ketones is 1. The third-order valence-electron chi connectivity index (χ3n) is 4.15. The average Bonchev–Trinajstić information content (AvgIpc) is 3.04. The third kappa shape index (κ3) is 5.82. The molecule has 2 aromatic rings. The van der Waals surface area contributed by atoms with Crippen LogP contribution >= 0.6 is 27.5 Å². The Morgan fingerprint density at radius 2 is 1.66 bits per heavy atom. The number of hydrogen-bond donors (Lipinski definition) is 4. The fourth-order valence-electron chi connectivity index (χ4n) is 2.70. The van der Waals surface area contributed by atoms with Crippen LogP contribution in [0.15, 0.2) is 64.3 Å². The van der Waals surface area contributed by atoms with E-state index in [4.69, 9.17) is 11.6 Å². The number of hydrazine groups is 1. The molecule has 0 aromatic heterocycles.